The molecule has 0 saturated carbocycles. The van der Waals surface area contributed by atoms with Gasteiger partial charge in [0.05, 0.1) is 11.3 Å². The van der Waals surface area contributed by atoms with E-state index < -0.39 is 0 Å². The minimum atomic E-state index is -0.189. The number of rotatable bonds is 6. The molecule has 4 aromatic rings. The van der Waals surface area contributed by atoms with Gasteiger partial charge in [-0.05, 0) is 60.9 Å². The highest BCUT2D eigenvalue weighted by molar-refractivity contribution is 6.31. The molecule has 0 aliphatic rings. The number of carbonyl (C=O) groups excluding carboxylic acids is 1. The van der Waals surface area contributed by atoms with Crippen molar-refractivity contribution < 1.29 is 4.79 Å². The number of pyridine rings is 1. The van der Waals surface area contributed by atoms with E-state index in [0.29, 0.717) is 28.4 Å². The number of unbranched alkanes of at least 4 members (excludes halogenated alkanes) is 1. The number of hydrogen-bond acceptors (Lipinski definition) is 2. The first-order chi connectivity index (χ1) is 15.0. The Kier molecular flexibility index (Phi) is 5.96. The highest BCUT2D eigenvalue weighted by atomic mass is 35.5. The molecule has 0 atom stereocenters. The number of H-pyrrole nitrogens is 2. The number of benzene rings is 2. The number of amides is 1. The summed E-state index contributed by atoms with van der Waals surface area (Å²) in [6.45, 7) is 4.68. The summed E-state index contributed by atoms with van der Waals surface area (Å²) in [4.78, 5) is 31.3. The van der Waals surface area contributed by atoms with Gasteiger partial charge in [-0.3, -0.25) is 9.59 Å². The van der Waals surface area contributed by atoms with E-state index in [1.165, 1.54) is 0 Å². The average molecular weight is 434 g/mol. The van der Waals surface area contributed by atoms with Crippen molar-refractivity contribution in [1.29, 1.82) is 0 Å². The quantitative estimate of drug-likeness (QED) is 0.342. The first-order valence-electron chi connectivity index (χ1n) is 10.4. The summed E-state index contributed by atoms with van der Waals surface area (Å²) in [5, 5.41) is 4.47. The van der Waals surface area contributed by atoms with Gasteiger partial charge in [-0.25, -0.2) is 0 Å². The van der Waals surface area contributed by atoms with E-state index in [9.17, 15) is 9.59 Å². The summed E-state index contributed by atoms with van der Waals surface area (Å²) >= 11 is 6.42. The molecule has 2 aromatic heterocycles. The largest absolute Gasteiger partial charge is 0.354 e. The smallest absolute Gasteiger partial charge is 0.257 e. The molecule has 0 aliphatic heterocycles. The molecule has 0 aliphatic carbocycles. The molecule has 5 nitrogen and oxygen atoms in total. The summed E-state index contributed by atoms with van der Waals surface area (Å²) < 4.78 is 0. The lowest BCUT2D eigenvalue weighted by molar-refractivity contribution is 0.0953. The maximum atomic E-state index is 12.6. The molecule has 0 fully saturated rings. The van der Waals surface area contributed by atoms with Gasteiger partial charge in [-0.1, -0.05) is 37.1 Å². The molecule has 2 heterocycles. The molecule has 158 valence electrons. The van der Waals surface area contributed by atoms with Crippen LogP contribution in [0.1, 0.15) is 35.7 Å². The van der Waals surface area contributed by atoms with E-state index >= 15 is 0 Å². The van der Waals surface area contributed by atoms with Crippen molar-refractivity contribution in [2.75, 3.05) is 6.54 Å². The van der Waals surface area contributed by atoms with E-state index in [1.54, 1.807) is 24.4 Å². The van der Waals surface area contributed by atoms with Gasteiger partial charge >= 0.3 is 0 Å². The molecule has 1 amide bonds. The normalized spacial score (nSPS) is 11.1. The van der Waals surface area contributed by atoms with Gasteiger partial charge < -0.3 is 15.3 Å². The highest BCUT2D eigenvalue weighted by Crippen LogP contribution is 2.39. The second kappa shape index (κ2) is 8.82. The van der Waals surface area contributed by atoms with E-state index in [2.05, 4.69) is 22.2 Å². The molecular weight excluding hydrogens is 410 g/mol. The van der Waals surface area contributed by atoms with Crippen molar-refractivity contribution in [2.45, 2.75) is 26.7 Å². The van der Waals surface area contributed by atoms with Crippen molar-refractivity contribution in [3.8, 4) is 22.4 Å². The van der Waals surface area contributed by atoms with Crippen molar-refractivity contribution >= 4 is 28.4 Å². The first kappa shape index (κ1) is 20.9. The predicted molar refractivity (Wildman–Crippen MR) is 127 cm³/mol. The Hall–Kier alpha value is -3.31. The third-order valence-corrected chi connectivity index (χ3v) is 5.83. The van der Waals surface area contributed by atoms with Gasteiger partial charge in [0.2, 0.25) is 0 Å². The third-order valence-electron chi connectivity index (χ3n) is 5.42. The monoisotopic (exact) mass is 433 g/mol. The fourth-order valence-electron chi connectivity index (χ4n) is 3.68. The fourth-order valence-corrected chi connectivity index (χ4v) is 3.86. The number of aromatic amines is 2. The van der Waals surface area contributed by atoms with Gasteiger partial charge in [0.25, 0.3) is 11.5 Å². The lowest BCUT2D eigenvalue weighted by Crippen LogP contribution is -2.24. The predicted octanol–water partition coefficient (Wildman–Crippen LogP) is 5.68. The number of aromatic nitrogens is 2. The number of nitrogens with one attached hydrogen (secondary N) is 3. The van der Waals surface area contributed by atoms with Crippen LogP contribution in [0.3, 0.4) is 0 Å². The van der Waals surface area contributed by atoms with Crippen molar-refractivity contribution in [3.63, 3.8) is 0 Å². The molecule has 4 rings (SSSR count). The summed E-state index contributed by atoms with van der Waals surface area (Å²) in [5.74, 6) is -0.108. The molecule has 3 N–H and O–H groups in total. The lowest BCUT2D eigenvalue weighted by atomic mass is 9.97. The van der Waals surface area contributed by atoms with Crippen molar-refractivity contribution in [3.05, 3.63) is 81.2 Å². The molecule has 0 saturated heterocycles. The fraction of sp³-hybridized carbons (Fsp3) is 0.200. The van der Waals surface area contributed by atoms with Crippen LogP contribution in [0.4, 0.5) is 0 Å². The standard InChI is InChI=1S/C25H24ClN3O2/c1-3-4-11-27-24(30)17-9-10-21-19(13-17)22(16-8-7-15(2)20(26)14-16)23(29-21)18-6-5-12-28-25(18)31/h5-10,12-14,29H,3-4,11H2,1-2H3,(H,27,30)(H,28,31). The van der Waals surface area contributed by atoms with Crippen LogP contribution in [-0.4, -0.2) is 22.4 Å². The molecule has 0 unspecified atom stereocenters. The minimum absolute atomic E-state index is 0.108. The van der Waals surface area contributed by atoms with Crippen LogP contribution in [0.15, 0.2) is 59.5 Å². The van der Waals surface area contributed by atoms with E-state index in [1.807, 2.05) is 37.3 Å². The Balaban J connectivity index is 1.93. The maximum absolute atomic E-state index is 12.6. The molecule has 0 spiro atoms. The second-order valence-electron chi connectivity index (χ2n) is 7.62. The van der Waals surface area contributed by atoms with E-state index in [-0.39, 0.29) is 11.5 Å². The Labute approximate surface area is 185 Å². The average Bonchev–Trinajstić information content (AvgIpc) is 3.14. The lowest BCUT2D eigenvalue weighted by Gasteiger charge is -2.08. The number of fused-ring (bicyclic) bond motifs is 1. The maximum Gasteiger partial charge on any atom is 0.257 e. The SMILES string of the molecule is CCCCNC(=O)c1ccc2[nH]c(-c3ccc[nH]c3=O)c(-c3ccc(C)c(Cl)c3)c2c1. The number of hydrogen-bond donors (Lipinski definition) is 3. The first-order valence-corrected chi connectivity index (χ1v) is 10.8. The molecule has 0 bridgehead atoms. The number of halogens is 1. The molecule has 31 heavy (non-hydrogen) atoms. The molecular formula is C25H24ClN3O2. The van der Waals surface area contributed by atoms with Gasteiger partial charge in [-0.15, -0.1) is 0 Å². The van der Waals surface area contributed by atoms with Crippen LogP contribution in [0.2, 0.25) is 5.02 Å². The van der Waals surface area contributed by atoms with Gasteiger partial charge in [0.1, 0.15) is 0 Å². The zero-order valence-electron chi connectivity index (χ0n) is 17.5. The van der Waals surface area contributed by atoms with Crippen LogP contribution < -0.4 is 10.9 Å². The molecule has 0 radical (unpaired) electrons. The van der Waals surface area contributed by atoms with Crippen LogP contribution >= 0.6 is 11.6 Å². The summed E-state index contributed by atoms with van der Waals surface area (Å²) in [7, 11) is 0. The van der Waals surface area contributed by atoms with Crippen LogP contribution in [0.5, 0.6) is 0 Å². The Morgan fingerprint density at radius 3 is 2.71 bits per heavy atom. The summed E-state index contributed by atoms with van der Waals surface area (Å²) in [6.07, 6.45) is 3.56. The number of carbonyl (C=O) groups is 1. The van der Waals surface area contributed by atoms with Gasteiger partial charge in [-0.2, -0.15) is 0 Å². The molecule has 6 heteroatoms. The van der Waals surface area contributed by atoms with Gasteiger partial charge in [0.15, 0.2) is 0 Å². The Bertz CT molecular complexity index is 1320. The van der Waals surface area contributed by atoms with Gasteiger partial charge in [0, 0.05) is 39.8 Å². The second-order valence-corrected chi connectivity index (χ2v) is 8.03. The summed E-state index contributed by atoms with van der Waals surface area (Å²) in [6, 6.07) is 15.0. The highest BCUT2D eigenvalue weighted by Gasteiger charge is 2.19. The van der Waals surface area contributed by atoms with Crippen LogP contribution in [0.25, 0.3) is 33.3 Å². The third kappa shape index (κ3) is 4.14. The van der Waals surface area contributed by atoms with Crippen LogP contribution in [0, 0.1) is 6.92 Å². The zero-order valence-corrected chi connectivity index (χ0v) is 18.3. The Morgan fingerprint density at radius 2 is 1.97 bits per heavy atom. The van der Waals surface area contributed by atoms with E-state index in [4.69, 9.17) is 11.6 Å². The van der Waals surface area contributed by atoms with Crippen LogP contribution in [-0.2, 0) is 0 Å². The topological polar surface area (TPSA) is 77.8 Å². The summed E-state index contributed by atoms with van der Waals surface area (Å²) in [5.41, 5.74) is 5.15. The zero-order chi connectivity index (χ0) is 22.0. The van der Waals surface area contributed by atoms with Crippen molar-refractivity contribution in [2.24, 2.45) is 0 Å². The van der Waals surface area contributed by atoms with E-state index in [0.717, 1.165) is 40.4 Å². The number of aryl methyl sites for hydroxylation is 1. The molecule has 2 aromatic carbocycles. The minimum Gasteiger partial charge on any atom is -0.354 e. The van der Waals surface area contributed by atoms with Crippen molar-refractivity contribution in [1.82, 2.24) is 15.3 Å². The Morgan fingerprint density at radius 1 is 1.13 bits per heavy atom.